The Kier molecular flexibility index (Phi) is 5.63. The van der Waals surface area contributed by atoms with Gasteiger partial charge in [-0.05, 0) is 72.1 Å². The topological polar surface area (TPSA) is 34.5 Å². The zero-order valence-electron chi connectivity index (χ0n) is 26.9. The molecule has 0 atom stereocenters. The van der Waals surface area contributed by atoms with E-state index in [2.05, 4.69) is 155 Å². The second kappa shape index (κ2) is 10.4. The van der Waals surface area contributed by atoms with E-state index in [9.17, 15) is 0 Å². The number of fused-ring (bicyclic) bond motifs is 11. The van der Waals surface area contributed by atoms with Crippen LogP contribution in [0.25, 0.3) is 82.1 Å². The van der Waals surface area contributed by atoms with E-state index in [0.29, 0.717) is 0 Å². The molecular formula is C46H28N2O2. The van der Waals surface area contributed by atoms with Gasteiger partial charge in [0.25, 0.3) is 0 Å². The fourth-order valence-electron chi connectivity index (χ4n) is 7.98. The summed E-state index contributed by atoms with van der Waals surface area (Å²) in [5.41, 5.74) is 9.98. The number of benzene rings is 8. The van der Waals surface area contributed by atoms with Gasteiger partial charge < -0.3 is 18.3 Å². The molecule has 0 unspecified atom stereocenters. The van der Waals surface area contributed by atoms with E-state index in [1.807, 2.05) is 24.3 Å². The third kappa shape index (κ3) is 3.81. The maximum atomic E-state index is 6.71. The average Bonchev–Trinajstić information content (AvgIpc) is 3.86. The number of anilines is 3. The van der Waals surface area contributed by atoms with Crippen molar-refractivity contribution in [3.63, 3.8) is 0 Å². The van der Waals surface area contributed by atoms with Crippen LogP contribution in [-0.4, -0.2) is 4.57 Å². The summed E-state index contributed by atoms with van der Waals surface area (Å²) in [6.07, 6.45) is 0. The number of para-hydroxylation sites is 6. The summed E-state index contributed by atoms with van der Waals surface area (Å²) < 4.78 is 15.6. The van der Waals surface area contributed by atoms with Gasteiger partial charge >= 0.3 is 0 Å². The molecule has 0 fully saturated rings. The summed E-state index contributed by atoms with van der Waals surface area (Å²) >= 11 is 0. The zero-order chi connectivity index (χ0) is 32.8. The molecule has 8 aromatic carbocycles. The first-order valence-corrected chi connectivity index (χ1v) is 16.9. The van der Waals surface area contributed by atoms with Crippen LogP contribution in [0.2, 0.25) is 0 Å². The van der Waals surface area contributed by atoms with E-state index < -0.39 is 0 Å². The molecular weight excluding hydrogens is 613 g/mol. The molecule has 3 aromatic heterocycles. The molecule has 234 valence electrons. The first-order chi connectivity index (χ1) is 24.8. The molecule has 0 N–H and O–H groups in total. The highest BCUT2D eigenvalue weighted by atomic mass is 16.3. The van der Waals surface area contributed by atoms with E-state index in [1.54, 1.807) is 0 Å². The number of aromatic nitrogens is 1. The molecule has 0 saturated heterocycles. The van der Waals surface area contributed by atoms with E-state index in [1.165, 1.54) is 10.8 Å². The van der Waals surface area contributed by atoms with Crippen LogP contribution in [-0.2, 0) is 0 Å². The summed E-state index contributed by atoms with van der Waals surface area (Å²) in [6.45, 7) is 0. The average molecular weight is 641 g/mol. The zero-order valence-corrected chi connectivity index (χ0v) is 26.9. The van der Waals surface area contributed by atoms with Crippen molar-refractivity contribution in [3.8, 4) is 5.69 Å². The van der Waals surface area contributed by atoms with Crippen LogP contribution in [0.3, 0.4) is 0 Å². The first-order valence-electron chi connectivity index (χ1n) is 16.9. The number of hydrogen-bond donors (Lipinski definition) is 0. The molecule has 4 heteroatoms. The van der Waals surface area contributed by atoms with Gasteiger partial charge in [-0.3, -0.25) is 0 Å². The van der Waals surface area contributed by atoms with Gasteiger partial charge in [0.05, 0.1) is 22.4 Å². The monoisotopic (exact) mass is 640 g/mol. The Hall–Kier alpha value is -6.78. The molecule has 11 rings (SSSR count). The van der Waals surface area contributed by atoms with Crippen molar-refractivity contribution < 1.29 is 8.83 Å². The van der Waals surface area contributed by atoms with Crippen molar-refractivity contribution >= 4 is 93.5 Å². The van der Waals surface area contributed by atoms with E-state index in [0.717, 1.165) is 88.4 Å². The minimum atomic E-state index is 0.848. The van der Waals surface area contributed by atoms with Gasteiger partial charge in [0, 0.05) is 49.1 Å². The molecule has 0 spiro atoms. The summed E-state index contributed by atoms with van der Waals surface area (Å²) in [4.78, 5) is 2.37. The molecule has 0 aliphatic rings. The molecule has 0 bridgehead atoms. The standard InChI is InChI=1S/C46H28N2O2/c1-2-12-30(13-3-1)48-39-19-7-4-14-33(39)36-17-10-20-40(44(36)48)47(41-21-11-18-37-34-15-5-9-23-43(34)50-46(37)41)31-25-27-32-29(28-31)24-26-38-35-16-6-8-22-42(35)49-45(32)38/h1-28H. The van der Waals surface area contributed by atoms with Crippen molar-refractivity contribution in [3.05, 3.63) is 170 Å². The number of furan rings is 2. The highest BCUT2D eigenvalue weighted by molar-refractivity contribution is 6.18. The van der Waals surface area contributed by atoms with E-state index in [4.69, 9.17) is 8.83 Å². The Balaban J connectivity index is 1.25. The predicted molar refractivity (Wildman–Crippen MR) is 208 cm³/mol. The van der Waals surface area contributed by atoms with Crippen molar-refractivity contribution in [1.29, 1.82) is 0 Å². The molecule has 0 aliphatic heterocycles. The second-order valence-corrected chi connectivity index (χ2v) is 12.9. The highest BCUT2D eigenvalue weighted by Gasteiger charge is 2.25. The van der Waals surface area contributed by atoms with Crippen LogP contribution >= 0.6 is 0 Å². The van der Waals surface area contributed by atoms with Gasteiger partial charge in [0.15, 0.2) is 5.58 Å². The predicted octanol–water partition coefficient (Wildman–Crippen LogP) is 13.2. The second-order valence-electron chi connectivity index (χ2n) is 12.9. The molecule has 4 nitrogen and oxygen atoms in total. The molecule has 0 aliphatic carbocycles. The van der Waals surface area contributed by atoms with E-state index in [-0.39, 0.29) is 0 Å². The van der Waals surface area contributed by atoms with Crippen LogP contribution in [0.15, 0.2) is 179 Å². The smallest absolute Gasteiger partial charge is 0.159 e. The summed E-state index contributed by atoms with van der Waals surface area (Å²) in [5.74, 6) is 0. The van der Waals surface area contributed by atoms with Crippen LogP contribution in [0, 0.1) is 0 Å². The molecule has 0 saturated carbocycles. The van der Waals surface area contributed by atoms with Gasteiger partial charge in [-0.25, -0.2) is 0 Å². The fourth-order valence-corrected chi connectivity index (χ4v) is 7.98. The molecule has 3 heterocycles. The Morgan fingerprint density at radius 2 is 1.00 bits per heavy atom. The van der Waals surface area contributed by atoms with Crippen molar-refractivity contribution in [2.45, 2.75) is 0 Å². The molecule has 0 radical (unpaired) electrons. The largest absolute Gasteiger partial charge is 0.455 e. The van der Waals surface area contributed by atoms with Crippen LogP contribution in [0.1, 0.15) is 0 Å². The lowest BCUT2D eigenvalue weighted by Crippen LogP contribution is -2.12. The Bertz CT molecular complexity index is 3110. The lowest BCUT2D eigenvalue weighted by molar-refractivity contribution is 0.669. The number of hydrogen-bond acceptors (Lipinski definition) is 3. The van der Waals surface area contributed by atoms with Gasteiger partial charge in [0.2, 0.25) is 0 Å². The lowest BCUT2D eigenvalue weighted by Gasteiger charge is -2.27. The van der Waals surface area contributed by atoms with Crippen molar-refractivity contribution in [2.75, 3.05) is 4.90 Å². The minimum Gasteiger partial charge on any atom is -0.455 e. The highest BCUT2D eigenvalue weighted by Crippen LogP contribution is 2.47. The van der Waals surface area contributed by atoms with E-state index >= 15 is 0 Å². The molecule has 11 aromatic rings. The maximum absolute atomic E-state index is 6.71. The SMILES string of the molecule is c1ccc(-n2c3ccccc3c3cccc(N(c4ccc5c(ccc6c7ccccc7oc56)c4)c4cccc5c4oc4ccccc45)c32)cc1. The normalized spacial score (nSPS) is 12.0. The molecule has 0 amide bonds. The summed E-state index contributed by atoms with van der Waals surface area (Å²) in [7, 11) is 0. The van der Waals surface area contributed by atoms with Crippen LogP contribution in [0.5, 0.6) is 0 Å². The third-order valence-electron chi connectivity index (χ3n) is 10.2. The minimum absolute atomic E-state index is 0.848. The summed E-state index contributed by atoms with van der Waals surface area (Å²) in [5, 5.41) is 9.03. The quantitative estimate of drug-likeness (QED) is 0.192. The van der Waals surface area contributed by atoms with Gasteiger partial charge in [0.1, 0.15) is 16.7 Å². The first kappa shape index (κ1) is 27.2. The Morgan fingerprint density at radius 1 is 0.400 bits per heavy atom. The Morgan fingerprint density at radius 3 is 1.80 bits per heavy atom. The number of nitrogens with zero attached hydrogens (tertiary/aromatic N) is 2. The van der Waals surface area contributed by atoms with Crippen LogP contribution < -0.4 is 4.90 Å². The fraction of sp³-hybridized carbons (Fsp3) is 0. The van der Waals surface area contributed by atoms with Gasteiger partial charge in [-0.15, -0.1) is 0 Å². The van der Waals surface area contributed by atoms with Crippen molar-refractivity contribution in [1.82, 2.24) is 4.57 Å². The lowest BCUT2D eigenvalue weighted by atomic mass is 10.0. The summed E-state index contributed by atoms with van der Waals surface area (Å²) in [6, 6.07) is 60.1. The molecule has 50 heavy (non-hydrogen) atoms. The third-order valence-corrected chi connectivity index (χ3v) is 10.2. The van der Waals surface area contributed by atoms with Gasteiger partial charge in [-0.2, -0.15) is 0 Å². The maximum Gasteiger partial charge on any atom is 0.159 e. The van der Waals surface area contributed by atoms with Crippen molar-refractivity contribution in [2.24, 2.45) is 0 Å². The Labute approximate surface area is 286 Å². The van der Waals surface area contributed by atoms with Gasteiger partial charge in [-0.1, -0.05) is 103 Å². The van der Waals surface area contributed by atoms with Crippen LogP contribution in [0.4, 0.5) is 17.1 Å². The number of rotatable bonds is 4.